The lowest BCUT2D eigenvalue weighted by Gasteiger charge is -2.22. The Morgan fingerprint density at radius 2 is 1.62 bits per heavy atom. The van der Waals surface area contributed by atoms with E-state index < -0.39 is 0 Å². The highest BCUT2D eigenvalue weighted by Crippen LogP contribution is 2.23. The van der Waals surface area contributed by atoms with Crippen molar-refractivity contribution in [2.24, 2.45) is 0 Å². The first-order valence-corrected chi connectivity index (χ1v) is 8.88. The van der Waals surface area contributed by atoms with Crippen LogP contribution in [-0.2, 0) is 6.42 Å². The van der Waals surface area contributed by atoms with E-state index >= 15 is 0 Å². The zero-order valence-corrected chi connectivity index (χ0v) is 14.9. The number of benzene rings is 2. The molecule has 4 heteroatoms. The highest BCUT2D eigenvalue weighted by molar-refractivity contribution is 5.92. The fourth-order valence-electron chi connectivity index (χ4n) is 2.86. The summed E-state index contributed by atoms with van der Waals surface area (Å²) in [6.07, 6.45) is 2.56. The van der Waals surface area contributed by atoms with Crippen LogP contribution in [-0.4, -0.2) is 24.0 Å². The predicted molar refractivity (Wildman–Crippen MR) is 106 cm³/mol. The average Bonchev–Trinajstić information content (AvgIpc) is 2.71. The molecule has 1 aromatic heterocycles. The molecule has 1 heterocycles. The first-order chi connectivity index (χ1) is 12.8. The van der Waals surface area contributed by atoms with E-state index in [9.17, 15) is 4.79 Å². The van der Waals surface area contributed by atoms with Gasteiger partial charge in [-0.05, 0) is 43.2 Å². The molecule has 0 saturated carbocycles. The normalized spacial score (nSPS) is 10.3. The van der Waals surface area contributed by atoms with E-state index in [1.54, 1.807) is 12.3 Å². The zero-order valence-electron chi connectivity index (χ0n) is 14.9. The van der Waals surface area contributed by atoms with Crippen LogP contribution in [0.3, 0.4) is 0 Å². The van der Waals surface area contributed by atoms with Gasteiger partial charge in [0.05, 0.1) is 11.9 Å². The van der Waals surface area contributed by atoms with E-state index in [1.165, 1.54) is 5.56 Å². The van der Waals surface area contributed by atoms with Crippen molar-refractivity contribution in [2.45, 2.75) is 13.3 Å². The summed E-state index contributed by atoms with van der Waals surface area (Å²) in [4.78, 5) is 18.8. The standard InChI is InChI=1S/C22H23N3O/c1-2-25(19-11-7-4-8-12-19)20-13-14-21(24-17-20)22(26)23-16-15-18-9-5-3-6-10-18/h3-14,17H,2,15-16H2,1H3,(H,23,26). The average molecular weight is 345 g/mol. The number of nitrogens with one attached hydrogen (secondary N) is 1. The number of aromatic nitrogens is 1. The molecule has 0 bridgehead atoms. The second-order valence-electron chi connectivity index (χ2n) is 5.97. The Balaban J connectivity index is 1.60. The number of hydrogen-bond donors (Lipinski definition) is 1. The molecule has 0 aliphatic rings. The Bertz CT molecular complexity index is 817. The van der Waals surface area contributed by atoms with Gasteiger partial charge >= 0.3 is 0 Å². The van der Waals surface area contributed by atoms with Gasteiger partial charge in [0, 0.05) is 18.8 Å². The van der Waals surface area contributed by atoms with Crippen LogP contribution in [0, 0.1) is 0 Å². The number of rotatable bonds is 7. The molecule has 0 saturated heterocycles. The van der Waals surface area contributed by atoms with Crippen molar-refractivity contribution < 1.29 is 4.79 Å². The number of carbonyl (C=O) groups excluding carboxylic acids is 1. The summed E-state index contributed by atoms with van der Waals surface area (Å²) in [5.41, 5.74) is 3.72. The van der Waals surface area contributed by atoms with Crippen LogP contribution < -0.4 is 10.2 Å². The highest BCUT2D eigenvalue weighted by atomic mass is 16.1. The van der Waals surface area contributed by atoms with E-state index in [-0.39, 0.29) is 5.91 Å². The predicted octanol–water partition coefficient (Wildman–Crippen LogP) is 4.21. The molecule has 4 nitrogen and oxygen atoms in total. The van der Waals surface area contributed by atoms with Gasteiger partial charge in [0.25, 0.3) is 5.91 Å². The molecule has 0 atom stereocenters. The second kappa shape index (κ2) is 8.81. The number of hydrogen-bond acceptors (Lipinski definition) is 3. The van der Waals surface area contributed by atoms with Crippen molar-refractivity contribution in [3.05, 3.63) is 90.3 Å². The Kier molecular flexibility index (Phi) is 5.99. The van der Waals surface area contributed by atoms with Crippen molar-refractivity contribution in [1.29, 1.82) is 0 Å². The number of pyridine rings is 1. The number of amides is 1. The summed E-state index contributed by atoms with van der Waals surface area (Å²) >= 11 is 0. The van der Waals surface area contributed by atoms with Gasteiger partial charge in [-0.3, -0.25) is 4.79 Å². The Morgan fingerprint density at radius 1 is 0.923 bits per heavy atom. The number of para-hydroxylation sites is 1. The first-order valence-electron chi connectivity index (χ1n) is 8.88. The van der Waals surface area contributed by atoms with Gasteiger partial charge in [0.15, 0.2) is 0 Å². The van der Waals surface area contributed by atoms with E-state index in [0.717, 1.165) is 24.3 Å². The number of nitrogens with zero attached hydrogens (tertiary/aromatic N) is 2. The third-order valence-electron chi connectivity index (χ3n) is 4.22. The van der Waals surface area contributed by atoms with E-state index in [4.69, 9.17) is 0 Å². The van der Waals surface area contributed by atoms with Gasteiger partial charge in [-0.25, -0.2) is 4.98 Å². The molecule has 1 N–H and O–H groups in total. The monoisotopic (exact) mass is 345 g/mol. The highest BCUT2D eigenvalue weighted by Gasteiger charge is 2.10. The topological polar surface area (TPSA) is 45.2 Å². The SMILES string of the molecule is CCN(c1ccccc1)c1ccc(C(=O)NCCc2ccccc2)nc1. The summed E-state index contributed by atoms with van der Waals surface area (Å²) < 4.78 is 0. The molecular formula is C22H23N3O. The van der Waals surface area contributed by atoms with Crippen molar-refractivity contribution in [3.63, 3.8) is 0 Å². The van der Waals surface area contributed by atoms with Crippen LogP contribution in [0.1, 0.15) is 23.0 Å². The molecule has 0 spiro atoms. The van der Waals surface area contributed by atoms with Crippen LogP contribution in [0.15, 0.2) is 79.0 Å². The zero-order chi connectivity index (χ0) is 18.2. The second-order valence-corrected chi connectivity index (χ2v) is 5.97. The van der Waals surface area contributed by atoms with Crippen LogP contribution in [0.25, 0.3) is 0 Å². The van der Waals surface area contributed by atoms with Crippen molar-refractivity contribution >= 4 is 17.3 Å². The van der Waals surface area contributed by atoms with Gasteiger partial charge in [0.1, 0.15) is 5.69 Å². The van der Waals surface area contributed by atoms with E-state index in [2.05, 4.69) is 46.4 Å². The molecule has 3 aromatic rings. The van der Waals surface area contributed by atoms with Crippen LogP contribution in [0.2, 0.25) is 0 Å². The van der Waals surface area contributed by atoms with Gasteiger partial charge in [-0.1, -0.05) is 48.5 Å². The molecule has 0 radical (unpaired) electrons. The Morgan fingerprint density at radius 3 is 2.23 bits per heavy atom. The third kappa shape index (κ3) is 4.48. The Labute approximate surface area is 154 Å². The summed E-state index contributed by atoms with van der Waals surface area (Å²) in [6, 6.07) is 24.0. The van der Waals surface area contributed by atoms with E-state index in [0.29, 0.717) is 12.2 Å². The molecule has 26 heavy (non-hydrogen) atoms. The maximum atomic E-state index is 12.3. The van der Waals surface area contributed by atoms with Crippen LogP contribution in [0.5, 0.6) is 0 Å². The third-order valence-corrected chi connectivity index (χ3v) is 4.22. The quantitative estimate of drug-likeness (QED) is 0.697. The first kappa shape index (κ1) is 17.7. The van der Waals surface area contributed by atoms with Crippen molar-refractivity contribution in [2.75, 3.05) is 18.0 Å². The molecule has 0 aliphatic heterocycles. The molecule has 0 fully saturated rings. The maximum Gasteiger partial charge on any atom is 0.269 e. The number of carbonyl (C=O) groups is 1. The largest absolute Gasteiger partial charge is 0.350 e. The van der Waals surface area contributed by atoms with Gasteiger partial charge in [-0.15, -0.1) is 0 Å². The van der Waals surface area contributed by atoms with E-state index in [1.807, 2.05) is 42.5 Å². The van der Waals surface area contributed by atoms with Crippen molar-refractivity contribution in [1.82, 2.24) is 10.3 Å². The summed E-state index contributed by atoms with van der Waals surface area (Å²) in [7, 11) is 0. The lowest BCUT2D eigenvalue weighted by Crippen LogP contribution is -2.26. The fraction of sp³-hybridized carbons (Fsp3) is 0.182. The lowest BCUT2D eigenvalue weighted by atomic mass is 10.1. The van der Waals surface area contributed by atoms with Gasteiger partial charge < -0.3 is 10.2 Å². The molecule has 3 rings (SSSR count). The molecule has 2 aromatic carbocycles. The van der Waals surface area contributed by atoms with Gasteiger partial charge in [0.2, 0.25) is 0 Å². The summed E-state index contributed by atoms with van der Waals surface area (Å²) in [5.74, 6) is -0.143. The molecular weight excluding hydrogens is 322 g/mol. The van der Waals surface area contributed by atoms with Crippen LogP contribution >= 0.6 is 0 Å². The number of anilines is 2. The molecule has 132 valence electrons. The minimum atomic E-state index is -0.143. The van der Waals surface area contributed by atoms with Crippen molar-refractivity contribution in [3.8, 4) is 0 Å². The van der Waals surface area contributed by atoms with Crippen LogP contribution in [0.4, 0.5) is 11.4 Å². The minimum Gasteiger partial charge on any atom is -0.350 e. The molecule has 0 unspecified atom stereocenters. The molecule has 0 aliphatic carbocycles. The smallest absolute Gasteiger partial charge is 0.269 e. The van der Waals surface area contributed by atoms with Gasteiger partial charge in [-0.2, -0.15) is 0 Å². The molecule has 1 amide bonds. The lowest BCUT2D eigenvalue weighted by molar-refractivity contribution is 0.0949. The fourth-order valence-corrected chi connectivity index (χ4v) is 2.86. The summed E-state index contributed by atoms with van der Waals surface area (Å²) in [5, 5.41) is 2.93. The summed E-state index contributed by atoms with van der Waals surface area (Å²) in [6.45, 7) is 3.52. The Hall–Kier alpha value is -3.14. The maximum absolute atomic E-state index is 12.3. The minimum absolute atomic E-state index is 0.143.